The number of methoxy groups -OCH3 is 1. The third kappa shape index (κ3) is 5.07. The first-order chi connectivity index (χ1) is 13.7. The zero-order chi connectivity index (χ0) is 19.8. The first-order valence-electron chi connectivity index (χ1n) is 9.14. The molecule has 28 heavy (non-hydrogen) atoms. The average molecular weight is 376 g/mol. The van der Waals surface area contributed by atoms with E-state index in [4.69, 9.17) is 4.74 Å². The normalized spacial score (nSPS) is 10.4. The van der Waals surface area contributed by atoms with Crippen LogP contribution in [0.5, 0.6) is 5.75 Å². The smallest absolute Gasteiger partial charge is 0.272 e. The fraction of sp³-hybridized carbons (Fsp3) is 0.227. The molecular formula is C22H24N4O2. The lowest BCUT2D eigenvalue weighted by atomic mass is 10.1. The van der Waals surface area contributed by atoms with E-state index in [-0.39, 0.29) is 5.91 Å². The second-order valence-electron chi connectivity index (χ2n) is 6.42. The molecule has 0 atom stereocenters. The first kappa shape index (κ1) is 19.4. The van der Waals surface area contributed by atoms with Gasteiger partial charge in [0.1, 0.15) is 23.6 Å². The molecule has 0 spiro atoms. The van der Waals surface area contributed by atoms with Gasteiger partial charge in [0.15, 0.2) is 0 Å². The third-order valence-corrected chi connectivity index (χ3v) is 4.39. The van der Waals surface area contributed by atoms with Gasteiger partial charge in [-0.3, -0.25) is 4.79 Å². The van der Waals surface area contributed by atoms with Crippen molar-refractivity contribution in [3.05, 3.63) is 83.8 Å². The van der Waals surface area contributed by atoms with E-state index in [1.54, 1.807) is 25.1 Å². The SMILES string of the molecule is COc1ccccc1CCNc1cc(C(=O)N(C)Cc2ccccc2)ncn1. The minimum atomic E-state index is -0.140. The average Bonchev–Trinajstić information content (AvgIpc) is 2.74. The van der Waals surface area contributed by atoms with Gasteiger partial charge in [-0.05, 0) is 23.6 Å². The Bertz CT molecular complexity index is 915. The van der Waals surface area contributed by atoms with Crippen molar-refractivity contribution < 1.29 is 9.53 Å². The number of nitrogens with one attached hydrogen (secondary N) is 1. The van der Waals surface area contributed by atoms with E-state index in [9.17, 15) is 4.79 Å². The standard InChI is InChI=1S/C22H24N4O2/c1-26(15-17-8-4-3-5-9-17)22(27)19-14-21(25-16-24-19)23-13-12-18-10-6-7-11-20(18)28-2/h3-11,14,16H,12-13,15H2,1-2H3,(H,23,24,25). The Morgan fingerprint density at radius 1 is 1.07 bits per heavy atom. The number of ether oxygens (including phenoxy) is 1. The molecule has 0 radical (unpaired) electrons. The molecule has 144 valence electrons. The molecule has 0 bridgehead atoms. The van der Waals surface area contributed by atoms with Crippen molar-refractivity contribution in [1.29, 1.82) is 0 Å². The van der Waals surface area contributed by atoms with Crippen LogP contribution in [0.15, 0.2) is 67.0 Å². The molecule has 0 aliphatic carbocycles. The summed E-state index contributed by atoms with van der Waals surface area (Å²) in [6, 6.07) is 19.5. The van der Waals surface area contributed by atoms with Gasteiger partial charge in [0, 0.05) is 26.2 Å². The summed E-state index contributed by atoms with van der Waals surface area (Å²) in [5.41, 5.74) is 2.56. The number of hydrogen-bond acceptors (Lipinski definition) is 5. The van der Waals surface area contributed by atoms with Crippen LogP contribution in [0.25, 0.3) is 0 Å². The number of carbonyl (C=O) groups excluding carboxylic acids is 1. The van der Waals surface area contributed by atoms with Gasteiger partial charge in [0.25, 0.3) is 5.91 Å². The number of anilines is 1. The zero-order valence-corrected chi connectivity index (χ0v) is 16.1. The minimum Gasteiger partial charge on any atom is -0.496 e. The maximum Gasteiger partial charge on any atom is 0.272 e. The number of amides is 1. The lowest BCUT2D eigenvalue weighted by Crippen LogP contribution is -2.27. The molecule has 0 aliphatic heterocycles. The first-order valence-corrected chi connectivity index (χ1v) is 9.14. The topological polar surface area (TPSA) is 67.3 Å². The van der Waals surface area contributed by atoms with Crippen LogP contribution in [0.3, 0.4) is 0 Å². The van der Waals surface area contributed by atoms with E-state index in [0.717, 1.165) is 23.3 Å². The number of hydrogen-bond donors (Lipinski definition) is 1. The number of nitrogens with zero attached hydrogens (tertiary/aromatic N) is 3. The molecule has 1 amide bonds. The Morgan fingerprint density at radius 2 is 1.82 bits per heavy atom. The Balaban J connectivity index is 1.59. The predicted octanol–water partition coefficient (Wildman–Crippen LogP) is 3.41. The van der Waals surface area contributed by atoms with Gasteiger partial charge in [-0.1, -0.05) is 48.5 Å². The van der Waals surface area contributed by atoms with E-state index in [0.29, 0.717) is 24.6 Å². The van der Waals surface area contributed by atoms with Crippen molar-refractivity contribution in [2.75, 3.05) is 26.0 Å². The summed E-state index contributed by atoms with van der Waals surface area (Å²) in [4.78, 5) is 22.7. The van der Waals surface area contributed by atoms with Crippen LogP contribution in [-0.2, 0) is 13.0 Å². The van der Waals surface area contributed by atoms with Gasteiger partial charge >= 0.3 is 0 Å². The summed E-state index contributed by atoms with van der Waals surface area (Å²) < 4.78 is 5.37. The van der Waals surface area contributed by atoms with Gasteiger partial charge in [-0.2, -0.15) is 0 Å². The van der Waals surface area contributed by atoms with Gasteiger partial charge in [0.05, 0.1) is 7.11 Å². The lowest BCUT2D eigenvalue weighted by Gasteiger charge is -2.17. The molecule has 3 rings (SSSR count). The highest BCUT2D eigenvalue weighted by Gasteiger charge is 2.14. The van der Waals surface area contributed by atoms with Crippen LogP contribution in [0.2, 0.25) is 0 Å². The van der Waals surface area contributed by atoms with E-state index in [1.165, 1.54) is 6.33 Å². The van der Waals surface area contributed by atoms with Crippen LogP contribution in [0, 0.1) is 0 Å². The summed E-state index contributed by atoms with van der Waals surface area (Å²) in [6.07, 6.45) is 2.19. The fourth-order valence-corrected chi connectivity index (χ4v) is 2.93. The second-order valence-corrected chi connectivity index (χ2v) is 6.42. The summed E-state index contributed by atoms with van der Waals surface area (Å²) in [5, 5.41) is 3.25. The highest BCUT2D eigenvalue weighted by molar-refractivity contribution is 5.92. The van der Waals surface area contributed by atoms with Gasteiger partial charge in [-0.25, -0.2) is 9.97 Å². The summed E-state index contributed by atoms with van der Waals surface area (Å²) >= 11 is 0. The maximum atomic E-state index is 12.7. The van der Waals surface area contributed by atoms with Crippen LogP contribution in [0.1, 0.15) is 21.6 Å². The third-order valence-electron chi connectivity index (χ3n) is 4.39. The zero-order valence-electron chi connectivity index (χ0n) is 16.1. The van der Waals surface area contributed by atoms with Gasteiger partial charge in [-0.15, -0.1) is 0 Å². The highest BCUT2D eigenvalue weighted by Crippen LogP contribution is 2.18. The van der Waals surface area contributed by atoms with E-state index in [1.807, 2.05) is 54.6 Å². The summed E-state index contributed by atoms with van der Waals surface area (Å²) in [6.45, 7) is 1.20. The lowest BCUT2D eigenvalue weighted by molar-refractivity contribution is 0.0779. The quantitative estimate of drug-likeness (QED) is 0.653. The predicted molar refractivity (Wildman–Crippen MR) is 109 cm³/mol. The maximum absolute atomic E-state index is 12.7. The number of benzene rings is 2. The highest BCUT2D eigenvalue weighted by atomic mass is 16.5. The number of para-hydroxylation sites is 1. The largest absolute Gasteiger partial charge is 0.496 e. The van der Waals surface area contributed by atoms with Crippen molar-refractivity contribution in [2.24, 2.45) is 0 Å². The van der Waals surface area contributed by atoms with Crippen molar-refractivity contribution in [3.63, 3.8) is 0 Å². The Kier molecular flexibility index (Phi) is 6.57. The number of rotatable bonds is 8. The van der Waals surface area contributed by atoms with Crippen LogP contribution >= 0.6 is 0 Å². The molecule has 3 aromatic rings. The molecular weight excluding hydrogens is 352 g/mol. The molecule has 1 N–H and O–H groups in total. The van der Waals surface area contributed by atoms with Crippen LogP contribution in [-0.4, -0.2) is 41.5 Å². The van der Waals surface area contributed by atoms with Gasteiger partial charge < -0.3 is 15.0 Å². The second kappa shape index (κ2) is 9.50. The number of carbonyl (C=O) groups is 1. The van der Waals surface area contributed by atoms with Crippen LogP contribution < -0.4 is 10.1 Å². The fourth-order valence-electron chi connectivity index (χ4n) is 2.93. The van der Waals surface area contributed by atoms with Crippen molar-refractivity contribution >= 4 is 11.7 Å². The molecule has 6 nitrogen and oxygen atoms in total. The monoisotopic (exact) mass is 376 g/mol. The minimum absolute atomic E-state index is 0.140. The van der Waals surface area contributed by atoms with Crippen LogP contribution in [0.4, 0.5) is 5.82 Å². The summed E-state index contributed by atoms with van der Waals surface area (Å²) in [5.74, 6) is 1.35. The molecule has 0 aliphatic rings. The summed E-state index contributed by atoms with van der Waals surface area (Å²) in [7, 11) is 3.44. The molecule has 0 saturated carbocycles. The Morgan fingerprint density at radius 3 is 2.61 bits per heavy atom. The van der Waals surface area contributed by atoms with E-state index >= 15 is 0 Å². The van der Waals surface area contributed by atoms with Crippen molar-refractivity contribution in [1.82, 2.24) is 14.9 Å². The molecule has 6 heteroatoms. The van der Waals surface area contributed by atoms with E-state index < -0.39 is 0 Å². The molecule has 0 saturated heterocycles. The van der Waals surface area contributed by atoms with Crippen molar-refractivity contribution in [2.45, 2.75) is 13.0 Å². The number of aromatic nitrogens is 2. The van der Waals surface area contributed by atoms with E-state index in [2.05, 4.69) is 15.3 Å². The van der Waals surface area contributed by atoms with Crippen molar-refractivity contribution in [3.8, 4) is 5.75 Å². The molecule has 2 aromatic carbocycles. The molecule has 0 unspecified atom stereocenters. The molecule has 1 aromatic heterocycles. The Labute approximate surface area is 165 Å². The molecule has 1 heterocycles. The molecule has 0 fully saturated rings. The Hall–Kier alpha value is -3.41. The van der Waals surface area contributed by atoms with Gasteiger partial charge in [0.2, 0.25) is 0 Å².